The summed E-state index contributed by atoms with van der Waals surface area (Å²) in [5.41, 5.74) is 4.63. The Kier molecular flexibility index (Phi) is 8.78. The Hall–Kier alpha value is -3.73. The van der Waals surface area contributed by atoms with Crippen LogP contribution in [0, 0.1) is 0 Å². The Balaban J connectivity index is 1.33. The van der Waals surface area contributed by atoms with Gasteiger partial charge < -0.3 is 9.84 Å². The molecule has 218 valence electrons. The van der Waals surface area contributed by atoms with Crippen LogP contribution in [0.1, 0.15) is 59.3 Å². The van der Waals surface area contributed by atoms with Crippen molar-refractivity contribution in [3.63, 3.8) is 0 Å². The fraction of sp³-hybridized carbons (Fsp3) is 0.231. The Morgan fingerprint density at radius 1 is 0.674 bits per heavy atom. The number of halogens is 1. The van der Waals surface area contributed by atoms with Crippen molar-refractivity contribution in [3.05, 3.63) is 178 Å². The van der Waals surface area contributed by atoms with Crippen LogP contribution in [0.2, 0.25) is 5.02 Å². The number of rotatable bonds is 10. The number of nitrogens with zero attached hydrogens (tertiary/aromatic N) is 1. The molecule has 1 N–H and O–H groups in total. The van der Waals surface area contributed by atoms with E-state index in [-0.39, 0.29) is 0 Å². The fourth-order valence-corrected chi connectivity index (χ4v) is 6.98. The van der Waals surface area contributed by atoms with Gasteiger partial charge in [-0.15, -0.1) is 0 Å². The second kappa shape index (κ2) is 12.9. The molecule has 5 aromatic rings. The van der Waals surface area contributed by atoms with Crippen LogP contribution < -0.4 is 0 Å². The van der Waals surface area contributed by atoms with Gasteiger partial charge in [-0.05, 0) is 66.7 Å². The van der Waals surface area contributed by atoms with Crippen LogP contribution >= 0.6 is 11.6 Å². The highest BCUT2D eigenvalue weighted by atomic mass is 35.5. The second-order valence-electron chi connectivity index (χ2n) is 11.5. The summed E-state index contributed by atoms with van der Waals surface area (Å²) in [6.07, 6.45) is 1.47. The zero-order valence-electron chi connectivity index (χ0n) is 24.6. The van der Waals surface area contributed by atoms with Crippen LogP contribution in [-0.2, 0) is 22.5 Å². The molecule has 43 heavy (non-hydrogen) atoms. The standard InChI is InChI=1S/C39H38ClNO2/c1-38(32-15-5-2-6-16-32,35-21-11-12-22-36(35)40)43-29-30-23-25-31(26-24-30)37(42)39(41-27-13-14-28-41,33-17-7-3-8-18-33)34-19-9-4-10-20-34/h2-12,15-26,37,42H,13-14,27-29H2,1H3/t37-,38?/m0/s1. The maximum absolute atomic E-state index is 12.4. The molecule has 6 rings (SSSR count). The van der Waals surface area contributed by atoms with Crippen LogP contribution in [-0.4, -0.2) is 23.1 Å². The van der Waals surface area contributed by atoms with Gasteiger partial charge in [0.15, 0.2) is 0 Å². The zero-order chi connectivity index (χ0) is 29.7. The number of likely N-dealkylation sites (tertiary alicyclic amines) is 1. The van der Waals surface area contributed by atoms with Crippen molar-refractivity contribution in [1.82, 2.24) is 4.90 Å². The third kappa shape index (κ3) is 5.67. The highest BCUT2D eigenvalue weighted by Crippen LogP contribution is 2.47. The molecule has 1 saturated heterocycles. The van der Waals surface area contributed by atoms with E-state index in [9.17, 15) is 5.11 Å². The van der Waals surface area contributed by atoms with Gasteiger partial charge in [0, 0.05) is 10.6 Å². The van der Waals surface area contributed by atoms with Crippen LogP contribution in [0.4, 0.5) is 0 Å². The zero-order valence-corrected chi connectivity index (χ0v) is 25.3. The van der Waals surface area contributed by atoms with Crippen molar-refractivity contribution in [1.29, 1.82) is 0 Å². The first-order valence-electron chi connectivity index (χ1n) is 15.1. The first kappa shape index (κ1) is 29.3. The summed E-state index contributed by atoms with van der Waals surface area (Å²) in [5, 5.41) is 13.1. The minimum atomic E-state index is -0.775. The molecule has 0 saturated carbocycles. The molecule has 1 unspecified atom stereocenters. The summed E-state index contributed by atoms with van der Waals surface area (Å²) in [5.74, 6) is 0. The van der Waals surface area contributed by atoms with Gasteiger partial charge in [0.2, 0.25) is 0 Å². The van der Waals surface area contributed by atoms with Gasteiger partial charge in [-0.2, -0.15) is 0 Å². The highest BCUT2D eigenvalue weighted by Gasteiger charge is 2.48. The molecule has 0 amide bonds. The molecular weight excluding hydrogens is 550 g/mol. The molecule has 0 aromatic heterocycles. The summed E-state index contributed by atoms with van der Waals surface area (Å²) >= 11 is 6.68. The second-order valence-corrected chi connectivity index (χ2v) is 11.9. The van der Waals surface area contributed by atoms with Gasteiger partial charge in [0.1, 0.15) is 17.2 Å². The van der Waals surface area contributed by atoms with Gasteiger partial charge in [-0.25, -0.2) is 0 Å². The van der Waals surface area contributed by atoms with Crippen molar-refractivity contribution in [2.75, 3.05) is 13.1 Å². The van der Waals surface area contributed by atoms with E-state index in [1.807, 2.05) is 54.6 Å². The summed E-state index contributed by atoms with van der Waals surface area (Å²) in [6, 6.07) is 47.3. The van der Waals surface area contributed by atoms with Gasteiger partial charge in [0.05, 0.1) is 6.61 Å². The molecule has 1 heterocycles. The monoisotopic (exact) mass is 587 g/mol. The molecule has 5 aromatic carbocycles. The SMILES string of the molecule is CC(OCc1ccc([C@H](O)C(c2ccccc2)(c2ccccc2)N2CCCC2)cc1)(c1ccccc1)c1ccccc1Cl. The van der Waals surface area contributed by atoms with Crippen molar-refractivity contribution in [2.24, 2.45) is 0 Å². The van der Waals surface area contributed by atoms with E-state index < -0.39 is 17.2 Å². The summed E-state index contributed by atoms with van der Waals surface area (Å²) in [6.45, 7) is 4.34. The van der Waals surface area contributed by atoms with E-state index in [1.54, 1.807) is 0 Å². The predicted molar refractivity (Wildman–Crippen MR) is 175 cm³/mol. The molecule has 4 heteroatoms. The summed E-state index contributed by atoms with van der Waals surface area (Å²) in [7, 11) is 0. The molecule has 1 aliphatic rings. The van der Waals surface area contributed by atoms with Crippen LogP contribution in [0.15, 0.2) is 140 Å². The van der Waals surface area contributed by atoms with Crippen molar-refractivity contribution < 1.29 is 9.84 Å². The Morgan fingerprint density at radius 2 is 1.16 bits per heavy atom. The van der Waals surface area contributed by atoms with Crippen LogP contribution in [0.25, 0.3) is 0 Å². The third-order valence-electron chi connectivity index (χ3n) is 8.96. The van der Waals surface area contributed by atoms with E-state index in [0.29, 0.717) is 11.6 Å². The largest absolute Gasteiger partial charge is 0.386 e. The average molecular weight is 588 g/mol. The lowest BCUT2D eigenvalue weighted by Crippen LogP contribution is -2.50. The minimum absolute atomic E-state index is 0.391. The first-order chi connectivity index (χ1) is 21.0. The number of benzene rings is 5. The van der Waals surface area contributed by atoms with Crippen LogP contribution in [0.3, 0.4) is 0 Å². The average Bonchev–Trinajstić information content (AvgIpc) is 3.61. The maximum atomic E-state index is 12.4. The van der Waals surface area contributed by atoms with Crippen molar-refractivity contribution >= 4 is 11.6 Å². The maximum Gasteiger partial charge on any atom is 0.117 e. The van der Waals surface area contributed by atoms with Gasteiger partial charge in [0.25, 0.3) is 0 Å². The fourth-order valence-electron chi connectivity index (χ4n) is 6.66. The minimum Gasteiger partial charge on any atom is -0.386 e. The van der Waals surface area contributed by atoms with E-state index >= 15 is 0 Å². The molecule has 0 aliphatic carbocycles. The Labute approximate surface area is 260 Å². The highest BCUT2D eigenvalue weighted by molar-refractivity contribution is 6.31. The number of aliphatic hydroxyl groups excluding tert-OH is 1. The number of ether oxygens (including phenoxy) is 1. The molecule has 1 fully saturated rings. The molecule has 1 aliphatic heterocycles. The molecule has 2 atom stereocenters. The lowest BCUT2D eigenvalue weighted by molar-refractivity contribution is -0.0165. The van der Waals surface area contributed by atoms with Crippen molar-refractivity contribution in [3.8, 4) is 0 Å². The van der Waals surface area contributed by atoms with Crippen molar-refractivity contribution in [2.45, 2.75) is 43.6 Å². The van der Waals surface area contributed by atoms with E-state index in [4.69, 9.17) is 16.3 Å². The molecular formula is C39H38ClNO2. The lowest BCUT2D eigenvalue weighted by Gasteiger charge is -2.46. The summed E-state index contributed by atoms with van der Waals surface area (Å²) in [4.78, 5) is 2.47. The third-order valence-corrected chi connectivity index (χ3v) is 9.29. The quantitative estimate of drug-likeness (QED) is 0.177. The van der Waals surface area contributed by atoms with E-state index in [0.717, 1.165) is 59.3 Å². The smallest absolute Gasteiger partial charge is 0.117 e. The summed E-state index contributed by atoms with van der Waals surface area (Å²) < 4.78 is 6.70. The Bertz CT molecular complexity index is 1560. The van der Waals surface area contributed by atoms with Gasteiger partial charge in [-0.3, -0.25) is 4.90 Å². The number of hydrogen-bond acceptors (Lipinski definition) is 3. The van der Waals surface area contributed by atoms with Gasteiger partial charge >= 0.3 is 0 Å². The van der Waals surface area contributed by atoms with Gasteiger partial charge in [-0.1, -0.05) is 145 Å². The van der Waals surface area contributed by atoms with E-state index in [1.165, 1.54) is 0 Å². The first-order valence-corrected chi connectivity index (χ1v) is 15.5. The number of aliphatic hydroxyl groups is 1. The molecule has 3 nitrogen and oxygen atoms in total. The predicted octanol–water partition coefficient (Wildman–Crippen LogP) is 8.89. The van der Waals surface area contributed by atoms with Crippen LogP contribution in [0.5, 0.6) is 0 Å². The molecule has 0 radical (unpaired) electrons. The Morgan fingerprint density at radius 3 is 1.70 bits per heavy atom. The topological polar surface area (TPSA) is 32.7 Å². The van der Waals surface area contributed by atoms with E-state index in [2.05, 4.69) is 96.8 Å². The molecule has 0 bridgehead atoms. The number of hydrogen-bond donors (Lipinski definition) is 1. The molecule has 0 spiro atoms. The lowest BCUT2D eigenvalue weighted by atomic mass is 9.74. The normalized spacial score (nSPS) is 16.1.